The van der Waals surface area contributed by atoms with Crippen molar-refractivity contribution in [2.45, 2.75) is 19.6 Å². The second-order valence-corrected chi connectivity index (χ2v) is 4.78. The van der Waals surface area contributed by atoms with Crippen LogP contribution in [0.25, 0.3) is 0 Å². The van der Waals surface area contributed by atoms with Gasteiger partial charge in [-0.3, -0.25) is 0 Å². The molecule has 0 aliphatic rings. The summed E-state index contributed by atoms with van der Waals surface area (Å²) >= 11 is 0. The first-order valence-electron chi connectivity index (χ1n) is 7.06. The number of hydrogen-bond acceptors (Lipinski definition) is 2. The summed E-state index contributed by atoms with van der Waals surface area (Å²) in [4.78, 5) is 0. The van der Waals surface area contributed by atoms with Crippen LogP contribution in [-0.2, 0) is 13.2 Å². The molecule has 2 rings (SSSR count). The van der Waals surface area contributed by atoms with Crippen LogP contribution >= 0.6 is 0 Å². The van der Waals surface area contributed by atoms with Crippen molar-refractivity contribution >= 4 is 0 Å². The Kier molecular flexibility index (Phi) is 6.08. The van der Waals surface area contributed by atoms with Gasteiger partial charge in [-0.2, -0.15) is 0 Å². The van der Waals surface area contributed by atoms with Crippen LogP contribution in [0.15, 0.2) is 54.6 Å². The zero-order valence-electron chi connectivity index (χ0n) is 11.7. The molecule has 0 heterocycles. The first kappa shape index (κ1) is 14.6. The molecule has 0 radical (unpaired) electrons. The van der Waals surface area contributed by atoms with E-state index in [1.165, 1.54) is 11.1 Å². The molecule has 0 unspecified atom stereocenters. The SMILES string of the molecule is OCCC[NH2+]Cc1cccc(OCc2ccccc2)c1. The Morgan fingerprint density at radius 1 is 0.950 bits per heavy atom. The molecule has 106 valence electrons. The van der Waals surface area contributed by atoms with Gasteiger partial charge in [-0.25, -0.2) is 0 Å². The number of benzene rings is 2. The highest BCUT2D eigenvalue weighted by Crippen LogP contribution is 2.14. The van der Waals surface area contributed by atoms with E-state index in [4.69, 9.17) is 9.84 Å². The van der Waals surface area contributed by atoms with Crippen LogP contribution in [0, 0.1) is 0 Å². The van der Waals surface area contributed by atoms with Gasteiger partial charge in [0.15, 0.2) is 0 Å². The van der Waals surface area contributed by atoms with Crippen molar-refractivity contribution in [2.75, 3.05) is 13.2 Å². The first-order chi connectivity index (χ1) is 9.88. The second kappa shape index (κ2) is 8.35. The monoisotopic (exact) mass is 272 g/mol. The van der Waals surface area contributed by atoms with Crippen molar-refractivity contribution in [1.29, 1.82) is 0 Å². The number of ether oxygens (including phenoxy) is 1. The third-order valence-electron chi connectivity index (χ3n) is 3.09. The van der Waals surface area contributed by atoms with E-state index < -0.39 is 0 Å². The Morgan fingerprint density at radius 2 is 1.75 bits per heavy atom. The fourth-order valence-corrected chi connectivity index (χ4v) is 2.01. The molecule has 0 atom stereocenters. The molecule has 0 aliphatic heterocycles. The van der Waals surface area contributed by atoms with E-state index in [0.717, 1.165) is 25.3 Å². The largest absolute Gasteiger partial charge is 0.489 e. The summed E-state index contributed by atoms with van der Waals surface area (Å²) in [6, 6.07) is 18.4. The van der Waals surface area contributed by atoms with Gasteiger partial charge in [-0.05, 0) is 17.7 Å². The van der Waals surface area contributed by atoms with E-state index in [-0.39, 0.29) is 6.61 Å². The lowest BCUT2D eigenvalue weighted by Crippen LogP contribution is -2.82. The van der Waals surface area contributed by atoms with Gasteiger partial charge in [0.25, 0.3) is 0 Å². The van der Waals surface area contributed by atoms with Crippen LogP contribution in [0.4, 0.5) is 0 Å². The topological polar surface area (TPSA) is 46.1 Å². The molecule has 0 saturated heterocycles. The summed E-state index contributed by atoms with van der Waals surface area (Å²) < 4.78 is 5.81. The van der Waals surface area contributed by atoms with Gasteiger partial charge in [0.05, 0.1) is 6.54 Å². The van der Waals surface area contributed by atoms with Gasteiger partial charge in [0.1, 0.15) is 18.9 Å². The van der Waals surface area contributed by atoms with Crippen molar-refractivity contribution < 1.29 is 15.2 Å². The number of quaternary nitrogens is 1. The number of nitrogens with two attached hydrogens (primary N) is 1. The van der Waals surface area contributed by atoms with E-state index in [1.807, 2.05) is 30.3 Å². The summed E-state index contributed by atoms with van der Waals surface area (Å²) in [7, 11) is 0. The first-order valence-corrected chi connectivity index (χ1v) is 7.06. The maximum Gasteiger partial charge on any atom is 0.120 e. The van der Waals surface area contributed by atoms with Gasteiger partial charge in [-0.15, -0.1) is 0 Å². The summed E-state index contributed by atoms with van der Waals surface area (Å²) in [5.74, 6) is 0.905. The number of rotatable bonds is 8. The van der Waals surface area contributed by atoms with Gasteiger partial charge >= 0.3 is 0 Å². The maximum absolute atomic E-state index is 8.75. The van der Waals surface area contributed by atoms with Crippen LogP contribution in [-0.4, -0.2) is 18.3 Å². The zero-order valence-corrected chi connectivity index (χ0v) is 11.7. The molecular formula is C17H22NO2+. The molecule has 2 aromatic carbocycles. The lowest BCUT2D eigenvalue weighted by atomic mass is 10.2. The minimum atomic E-state index is 0.261. The molecule has 3 N–H and O–H groups in total. The van der Waals surface area contributed by atoms with Gasteiger partial charge in [0.2, 0.25) is 0 Å². The van der Waals surface area contributed by atoms with Crippen molar-refractivity contribution in [1.82, 2.24) is 0 Å². The number of aliphatic hydroxyl groups is 1. The van der Waals surface area contributed by atoms with Crippen LogP contribution in [0.3, 0.4) is 0 Å². The molecule has 0 aliphatic carbocycles. The molecular weight excluding hydrogens is 250 g/mol. The lowest BCUT2D eigenvalue weighted by Gasteiger charge is -2.08. The smallest absolute Gasteiger partial charge is 0.120 e. The highest BCUT2D eigenvalue weighted by atomic mass is 16.5. The number of hydrogen-bond donors (Lipinski definition) is 2. The van der Waals surface area contributed by atoms with Gasteiger partial charge in [-0.1, -0.05) is 42.5 Å². The van der Waals surface area contributed by atoms with Crippen LogP contribution in [0.5, 0.6) is 5.75 Å². The Morgan fingerprint density at radius 3 is 2.55 bits per heavy atom. The normalized spacial score (nSPS) is 10.4. The van der Waals surface area contributed by atoms with E-state index in [2.05, 4.69) is 29.6 Å². The molecule has 0 saturated carbocycles. The zero-order chi connectivity index (χ0) is 14.0. The van der Waals surface area contributed by atoms with E-state index in [0.29, 0.717) is 6.61 Å². The van der Waals surface area contributed by atoms with E-state index >= 15 is 0 Å². The van der Waals surface area contributed by atoms with Crippen LogP contribution in [0.2, 0.25) is 0 Å². The molecule has 2 aromatic rings. The van der Waals surface area contributed by atoms with Gasteiger partial charge in [0, 0.05) is 18.6 Å². The summed E-state index contributed by atoms with van der Waals surface area (Å²) in [5, 5.41) is 10.9. The van der Waals surface area contributed by atoms with E-state index in [9.17, 15) is 0 Å². The van der Waals surface area contributed by atoms with Crippen molar-refractivity contribution in [3.63, 3.8) is 0 Å². The Labute approximate surface area is 120 Å². The van der Waals surface area contributed by atoms with Crippen molar-refractivity contribution in [2.24, 2.45) is 0 Å². The predicted molar refractivity (Wildman–Crippen MR) is 79.4 cm³/mol. The van der Waals surface area contributed by atoms with Crippen LogP contribution < -0.4 is 10.1 Å². The Hall–Kier alpha value is -1.84. The average molecular weight is 272 g/mol. The molecule has 0 bridgehead atoms. The fourth-order valence-electron chi connectivity index (χ4n) is 2.01. The number of aliphatic hydroxyl groups excluding tert-OH is 1. The summed E-state index contributed by atoms with van der Waals surface area (Å²) in [6.07, 6.45) is 0.837. The van der Waals surface area contributed by atoms with Crippen molar-refractivity contribution in [3.8, 4) is 5.75 Å². The summed E-state index contributed by atoms with van der Waals surface area (Å²) in [6.45, 7) is 2.73. The predicted octanol–water partition coefficient (Wildman–Crippen LogP) is 1.71. The third-order valence-corrected chi connectivity index (χ3v) is 3.09. The van der Waals surface area contributed by atoms with Gasteiger partial charge < -0.3 is 15.2 Å². The minimum absolute atomic E-state index is 0.261. The molecule has 0 fully saturated rings. The minimum Gasteiger partial charge on any atom is -0.489 e. The Balaban J connectivity index is 1.83. The standard InChI is InChI=1S/C17H21NO2/c19-11-5-10-18-13-16-8-4-9-17(12-16)20-14-15-6-2-1-3-7-15/h1-4,6-9,12,18-19H,5,10-11,13-14H2/p+1. The third kappa shape index (κ3) is 5.03. The van der Waals surface area contributed by atoms with E-state index in [1.54, 1.807) is 0 Å². The summed E-state index contributed by atoms with van der Waals surface area (Å²) in [5.41, 5.74) is 2.42. The average Bonchev–Trinajstić information content (AvgIpc) is 2.51. The fraction of sp³-hybridized carbons (Fsp3) is 0.294. The molecule has 3 heteroatoms. The second-order valence-electron chi connectivity index (χ2n) is 4.78. The highest BCUT2D eigenvalue weighted by Gasteiger charge is 2.00. The molecule has 0 spiro atoms. The quantitative estimate of drug-likeness (QED) is 0.719. The molecule has 0 aromatic heterocycles. The Bertz CT molecular complexity index is 499. The molecule has 20 heavy (non-hydrogen) atoms. The van der Waals surface area contributed by atoms with Crippen molar-refractivity contribution in [3.05, 3.63) is 65.7 Å². The molecule has 0 amide bonds. The molecule has 3 nitrogen and oxygen atoms in total. The van der Waals surface area contributed by atoms with Crippen LogP contribution in [0.1, 0.15) is 17.5 Å². The maximum atomic E-state index is 8.75. The highest BCUT2D eigenvalue weighted by molar-refractivity contribution is 5.28. The lowest BCUT2D eigenvalue weighted by molar-refractivity contribution is -0.671.